The van der Waals surface area contributed by atoms with E-state index in [1.165, 1.54) is 0 Å². The lowest BCUT2D eigenvalue weighted by Crippen LogP contribution is -2.24. The van der Waals surface area contributed by atoms with Crippen LogP contribution in [-0.4, -0.2) is 16.2 Å². The second kappa shape index (κ2) is 7.46. The second-order valence-corrected chi connectivity index (χ2v) is 6.29. The van der Waals surface area contributed by atoms with Crippen LogP contribution in [0.15, 0.2) is 83.7 Å². The van der Waals surface area contributed by atoms with Crippen molar-refractivity contribution in [2.75, 3.05) is 6.61 Å². The fraction of sp³-hybridized carbons (Fsp3) is 0.130. The van der Waals surface area contributed by atoms with E-state index in [1.807, 2.05) is 85.8 Å². The van der Waals surface area contributed by atoms with E-state index in [-0.39, 0.29) is 5.56 Å². The highest BCUT2D eigenvalue weighted by Crippen LogP contribution is 2.24. The lowest BCUT2D eigenvalue weighted by atomic mass is 10.1. The molecule has 0 unspecified atom stereocenters. The first kappa shape index (κ1) is 17.0. The summed E-state index contributed by atoms with van der Waals surface area (Å²) < 4.78 is 7.37. The number of hydrogen-bond donors (Lipinski definition) is 0. The summed E-state index contributed by atoms with van der Waals surface area (Å²) in [5.74, 6) is 1.41. The van der Waals surface area contributed by atoms with Gasteiger partial charge >= 0.3 is 0 Å². The van der Waals surface area contributed by atoms with Gasteiger partial charge in [0.05, 0.1) is 24.1 Å². The molecule has 0 atom stereocenters. The molecule has 0 aliphatic carbocycles. The average molecular weight is 356 g/mol. The summed E-state index contributed by atoms with van der Waals surface area (Å²) >= 11 is 0. The standard InChI is InChI=1S/C23H20N2O2/c1-2-27-19-12-8-11-18(15-19)22-24-21-14-7-6-13-20(21)23(26)25(22)16-17-9-4-3-5-10-17/h3-15H,2,16H2,1H3. The molecule has 1 aromatic heterocycles. The number of rotatable bonds is 5. The number of aromatic nitrogens is 2. The Kier molecular flexibility index (Phi) is 4.71. The van der Waals surface area contributed by atoms with Crippen molar-refractivity contribution in [1.82, 2.24) is 9.55 Å². The van der Waals surface area contributed by atoms with Crippen LogP contribution in [0.5, 0.6) is 5.75 Å². The monoisotopic (exact) mass is 356 g/mol. The molecule has 0 N–H and O–H groups in total. The normalized spacial score (nSPS) is 10.9. The van der Waals surface area contributed by atoms with Crippen LogP contribution in [0.1, 0.15) is 12.5 Å². The van der Waals surface area contributed by atoms with Crippen LogP contribution in [0.2, 0.25) is 0 Å². The summed E-state index contributed by atoms with van der Waals surface area (Å²) in [6.45, 7) is 3.00. The molecule has 0 spiro atoms. The maximum atomic E-state index is 13.2. The third-order valence-corrected chi connectivity index (χ3v) is 4.45. The van der Waals surface area contributed by atoms with E-state index in [4.69, 9.17) is 9.72 Å². The molecule has 3 aromatic carbocycles. The van der Waals surface area contributed by atoms with Crippen molar-refractivity contribution in [3.8, 4) is 17.1 Å². The molecule has 4 rings (SSSR count). The minimum atomic E-state index is -0.0405. The Morgan fingerprint density at radius 3 is 2.52 bits per heavy atom. The molecule has 4 aromatic rings. The number of nitrogens with zero attached hydrogens (tertiary/aromatic N) is 2. The zero-order valence-electron chi connectivity index (χ0n) is 15.1. The third kappa shape index (κ3) is 3.47. The molecule has 0 aliphatic rings. The fourth-order valence-corrected chi connectivity index (χ4v) is 3.19. The molecule has 0 radical (unpaired) electrons. The lowest BCUT2D eigenvalue weighted by molar-refractivity contribution is 0.340. The molecule has 0 saturated carbocycles. The zero-order valence-corrected chi connectivity index (χ0v) is 15.1. The minimum Gasteiger partial charge on any atom is -0.494 e. The first-order chi connectivity index (χ1) is 13.3. The molecule has 27 heavy (non-hydrogen) atoms. The van der Waals surface area contributed by atoms with Crippen molar-refractivity contribution in [3.05, 3.63) is 94.8 Å². The number of benzene rings is 3. The zero-order chi connectivity index (χ0) is 18.6. The maximum absolute atomic E-state index is 13.2. The summed E-state index contributed by atoms with van der Waals surface area (Å²) in [5, 5.41) is 0.623. The topological polar surface area (TPSA) is 44.1 Å². The Balaban J connectivity index is 1.93. The van der Waals surface area contributed by atoms with E-state index >= 15 is 0 Å². The van der Waals surface area contributed by atoms with Crippen LogP contribution in [0.4, 0.5) is 0 Å². The number of ether oxygens (including phenoxy) is 1. The predicted octanol–water partition coefficient (Wildman–Crippen LogP) is 4.51. The molecule has 134 valence electrons. The molecule has 0 bridgehead atoms. The molecule has 0 fully saturated rings. The van der Waals surface area contributed by atoms with E-state index in [0.29, 0.717) is 29.9 Å². The van der Waals surface area contributed by atoms with Gasteiger partial charge in [-0.1, -0.05) is 54.6 Å². The van der Waals surface area contributed by atoms with Gasteiger partial charge < -0.3 is 4.74 Å². The van der Waals surface area contributed by atoms with Crippen LogP contribution < -0.4 is 10.3 Å². The van der Waals surface area contributed by atoms with Gasteiger partial charge in [0.25, 0.3) is 5.56 Å². The van der Waals surface area contributed by atoms with Gasteiger partial charge in [0.2, 0.25) is 0 Å². The van der Waals surface area contributed by atoms with Crippen LogP contribution in [0.25, 0.3) is 22.3 Å². The molecule has 4 heteroatoms. The van der Waals surface area contributed by atoms with Gasteiger partial charge in [-0.2, -0.15) is 0 Å². The first-order valence-corrected chi connectivity index (χ1v) is 9.03. The number of fused-ring (bicyclic) bond motifs is 1. The average Bonchev–Trinajstić information content (AvgIpc) is 2.71. The van der Waals surface area contributed by atoms with Crippen molar-refractivity contribution < 1.29 is 4.74 Å². The van der Waals surface area contributed by atoms with Crippen LogP contribution in [0, 0.1) is 0 Å². The quantitative estimate of drug-likeness (QED) is 0.528. The SMILES string of the molecule is CCOc1cccc(-c2nc3ccccc3c(=O)n2Cc2ccccc2)c1. The molecule has 0 aliphatic heterocycles. The van der Waals surface area contributed by atoms with Crippen molar-refractivity contribution in [2.45, 2.75) is 13.5 Å². The Bertz CT molecular complexity index is 1130. The van der Waals surface area contributed by atoms with E-state index < -0.39 is 0 Å². The summed E-state index contributed by atoms with van der Waals surface area (Å²) in [5.41, 5.74) is 2.57. The van der Waals surface area contributed by atoms with Gasteiger partial charge in [-0.25, -0.2) is 4.98 Å². The molecular weight excluding hydrogens is 336 g/mol. The van der Waals surface area contributed by atoms with Crippen molar-refractivity contribution >= 4 is 10.9 Å². The van der Waals surface area contributed by atoms with E-state index in [2.05, 4.69) is 0 Å². The highest BCUT2D eigenvalue weighted by molar-refractivity contribution is 5.79. The van der Waals surface area contributed by atoms with Crippen molar-refractivity contribution in [2.24, 2.45) is 0 Å². The number of hydrogen-bond acceptors (Lipinski definition) is 3. The largest absolute Gasteiger partial charge is 0.494 e. The summed E-state index contributed by atoms with van der Waals surface area (Å²) in [6.07, 6.45) is 0. The fourth-order valence-electron chi connectivity index (χ4n) is 3.19. The van der Waals surface area contributed by atoms with Gasteiger partial charge in [-0.3, -0.25) is 9.36 Å². The minimum absolute atomic E-state index is 0.0405. The van der Waals surface area contributed by atoms with Crippen LogP contribution in [-0.2, 0) is 6.54 Å². The van der Waals surface area contributed by atoms with Crippen LogP contribution >= 0.6 is 0 Å². The highest BCUT2D eigenvalue weighted by atomic mass is 16.5. The van der Waals surface area contributed by atoms with Gasteiger partial charge in [-0.05, 0) is 36.8 Å². The van der Waals surface area contributed by atoms with Gasteiger partial charge in [0.15, 0.2) is 0 Å². The van der Waals surface area contributed by atoms with E-state index in [0.717, 1.165) is 16.9 Å². The summed E-state index contributed by atoms with van der Waals surface area (Å²) in [6, 6.07) is 25.1. The van der Waals surface area contributed by atoms with Crippen LogP contribution in [0.3, 0.4) is 0 Å². The van der Waals surface area contributed by atoms with Crippen molar-refractivity contribution in [1.29, 1.82) is 0 Å². The number of para-hydroxylation sites is 1. The Morgan fingerprint density at radius 1 is 0.926 bits per heavy atom. The maximum Gasteiger partial charge on any atom is 0.261 e. The summed E-state index contributed by atoms with van der Waals surface area (Å²) in [7, 11) is 0. The smallest absolute Gasteiger partial charge is 0.261 e. The molecule has 0 saturated heterocycles. The Labute approximate surface area is 157 Å². The van der Waals surface area contributed by atoms with E-state index in [1.54, 1.807) is 4.57 Å². The highest BCUT2D eigenvalue weighted by Gasteiger charge is 2.13. The Morgan fingerprint density at radius 2 is 1.70 bits per heavy atom. The molecule has 1 heterocycles. The van der Waals surface area contributed by atoms with Gasteiger partial charge in [0, 0.05) is 5.56 Å². The van der Waals surface area contributed by atoms with E-state index in [9.17, 15) is 4.79 Å². The Hall–Kier alpha value is -3.40. The molecule has 0 amide bonds. The van der Waals surface area contributed by atoms with Gasteiger partial charge in [0.1, 0.15) is 11.6 Å². The molecular formula is C23H20N2O2. The lowest BCUT2D eigenvalue weighted by Gasteiger charge is -2.15. The first-order valence-electron chi connectivity index (χ1n) is 9.03. The third-order valence-electron chi connectivity index (χ3n) is 4.45. The summed E-state index contributed by atoms with van der Waals surface area (Å²) in [4.78, 5) is 18.0. The van der Waals surface area contributed by atoms with Gasteiger partial charge in [-0.15, -0.1) is 0 Å². The molecule has 4 nitrogen and oxygen atoms in total. The predicted molar refractivity (Wildman–Crippen MR) is 108 cm³/mol. The second-order valence-electron chi connectivity index (χ2n) is 6.29. The van der Waals surface area contributed by atoms with Crippen molar-refractivity contribution in [3.63, 3.8) is 0 Å².